The lowest BCUT2D eigenvalue weighted by atomic mass is 10.1. The molecule has 0 unspecified atom stereocenters. The molecule has 0 radical (unpaired) electrons. The number of hydrogen-bond acceptors (Lipinski definition) is 6. The van der Waals surface area contributed by atoms with E-state index in [1.54, 1.807) is 12.4 Å². The Kier molecular flexibility index (Phi) is 5.08. The van der Waals surface area contributed by atoms with Crippen molar-refractivity contribution in [2.24, 2.45) is 0 Å². The monoisotopic (exact) mass is 341 g/mol. The molecule has 1 aliphatic rings. The fraction of sp³-hybridized carbons (Fsp3) is 0.353. The number of hydrogen-bond donors (Lipinski definition) is 1. The second-order valence-electron chi connectivity index (χ2n) is 5.56. The minimum Gasteiger partial charge on any atom is -0.365 e. The van der Waals surface area contributed by atoms with Gasteiger partial charge in [-0.2, -0.15) is 5.26 Å². The summed E-state index contributed by atoms with van der Waals surface area (Å²) in [5, 5.41) is 15.0. The highest BCUT2D eigenvalue weighted by atomic mass is 32.1. The van der Waals surface area contributed by atoms with Gasteiger partial charge in [-0.1, -0.05) is 30.3 Å². The molecule has 1 N–H and O–H groups in total. The zero-order valence-corrected chi connectivity index (χ0v) is 14.3. The number of nitrogens with one attached hydrogen (secondary N) is 1. The van der Waals surface area contributed by atoms with Crippen molar-refractivity contribution in [3.8, 4) is 6.07 Å². The van der Waals surface area contributed by atoms with Gasteiger partial charge in [0.15, 0.2) is 5.13 Å². The van der Waals surface area contributed by atoms with Crippen molar-refractivity contribution in [2.45, 2.75) is 6.04 Å². The summed E-state index contributed by atoms with van der Waals surface area (Å²) in [6, 6.07) is 11.9. The molecule has 2 aromatic rings. The van der Waals surface area contributed by atoms with Crippen LogP contribution < -0.4 is 5.32 Å². The molecular weight excluding hydrogens is 322 g/mol. The zero-order chi connectivity index (χ0) is 16.9. The molecule has 0 spiro atoms. The van der Waals surface area contributed by atoms with Gasteiger partial charge in [0, 0.05) is 38.6 Å². The molecule has 1 saturated heterocycles. The van der Waals surface area contributed by atoms with Gasteiger partial charge in [0.1, 0.15) is 11.7 Å². The van der Waals surface area contributed by atoms with Crippen LogP contribution in [0.4, 0.5) is 5.13 Å². The summed E-state index contributed by atoms with van der Waals surface area (Å²) < 4.78 is 0. The van der Waals surface area contributed by atoms with Gasteiger partial charge in [-0.3, -0.25) is 9.69 Å². The first-order chi connectivity index (χ1) is 11.7. The van der Waals surface area contributed by atoms with Crippen LogP contribution in [0.3, 0.4) is 0 Å². The van der Waals surface area contributed by atoms with Crippen LogP contribution in [0, 0.1) is 11.3 Å². The van der Waals surface area contributed by atoms with Crippen LogP contribution in [0.1, 0.15) is 22.1 Å². The van der Waals surface area contributed by atoms with E-state index in [-0.39, 0.29) is 11.9 Å². The third-order valence-electron chi connectivity index (χ3n) is 4.14. The molecule has 1 aliphatic heterocycles. The molecule has 3 rings (SSSR count). The van der Waals surface area contributed by atoms with Gasteiger partial charge < -0.3 is 10.2 Å². The molecule has 0 bridgehead atoms. The Balaban J connectivity index is 1.63. The van der Waals surface area contributed by atoms with Crippen LogP contribution in [0.15, 0.2) is 35.7 Å². The predicted octanol–water partition coefficient (Wildman–Crippen LogP) is 2.21. The maximum absolute atomic E-state index is 12.5. The van der Waals surface area contributed by atoms with E-state index in [1.165, 1.54) is 11.3 Å². The van der Waals surface area contributed by atoms with Crippen molar-refractivity contribution in [1.82, 2.24) is 14.8 Å². The minimum atomic E-state index is -0.265. The Bertz CT molecular complexity index is 731. The van der Waals surface area contributed by atoms with E-state index in [4.69, 9.17) is 0 Å². The summed E-state index contributed by atoms with van der Waals surface area (Å²) in [6.45, 7) is 2.58. The van der Waals surface area contributed by atoms with Crippen LogP contribution in [0.25, 0.3) is 0 Å². The number of nitrogens with zero attached hydrogens (tertiary/aromatic N) is 4. The second kappa shape index (κ2) is 7.43. The second-order valence-corrected chi connectivity index (χ2v) is 6.42. The number of benzene rings is 1. The average Bonchev–Trinajstić information content (AvgIpc) is 3.12. The number of thiazole rings is 1. The average molecular weight is 341 g/mol. The number of piperazine rings is 1. The van der Waals surface area contributed by atoms with Gasteiger partial charge >= 0.3 is 0 Å². The summed E-state index contributed by atoms with van der Waals surface area (Å²) >= 11 is 1.43. The molecule has 0 saturated carbocycles. The summed E-state index contributed by atoms with van der Waals surface area (Å²) in [4.78, 5) is 20.7. The fourth-order valence-corrected chi connectivity index (χ4v) is 3.48. The number of carbonyl (C=O) groups is 1. The van der Waals surface area contributed by atoms with E-state index in [2.05, 4.69) is 21.3 Å². The van der Waals surface area contributed by atoms with Crippen molar-refractivity contribution in [2.75, 3.05) is 38.5 Å². The third-order valence-corrected chi connectivity index (χ3v) is 5.00. The van der Waals surface area contributed by atoms with Crippen LogP contribution in [-0.4, -0.2) is 53.9 Å². The van der Waals surface area contributed by atoms with Gasteiger partial charge in [0.05, 0.1) is 6.07 Å². The van der Waals surface area contributed by atoms with E-state index in [1.807, 2.05) is 35.2 Å². The molecule has 1 atom stereocenters. The van der Waals surface area contributed by atoms with Crippen molar-refractivity contribution in [3.05, 3.63) is 47.0 Å². The standard InChI is InChI=1S/C17H19N5OS/c1-19-17-20-14(12-24-17)16(23)22-9-7-21(8-10-22)15(11-18)13-5-3-2-4-6-13/h2-6,12,15H,7-10H2,1H3,(H,19,20)/t15-/m1/s1. The Morgan fingerprint density at radius 1 is 1.29 bits per heavy atom. The molecule has 24 heavy (non-hydrogen) atoms. The molecule has 1 aromatic heterocycles. The molecule has 2 heterocycles. The first-order valence-electron chi connectivity index (χ1n) is 7.84. The third kappa shape index (κ3) is 3.40. The Morgan fingerprint density at radius 3 is 2.58 bits per heavy atom. The van der Waals surface area contributed by atoms with Crippen molar-refractivity contribution in [3.63, 3.8) is 0 Å². The lowest BCUT2D eigenvalue weighted by Crippen LogP contribution is -2.49. The van der Waals surface area contributed by atoms with E-state index < -0.39 is 0 Å². The lowest BCUT2D eigenvalue weighted by Gasteiger charge is -2.36. The molecule has 124 valence electrons. The van der Waals surface area contributed by atoms with Crippen LogP contribution >= 0.6 is 11.3 Å². The van der Waals surface area contributed by atoms with Gasteiger partial charge in [-0.05, 0) is 5.56 Å². The number of carbonyl (C=O) groups excluding carboxylic acids is 1. The highest BCUT2D eigenvalue weighted by Gasteiger charge is 2.28. The normalized spacial score (nSPS) is 16.4. The fourth-order valence-electron chi connectivity index (χ4n) is 2.83. The predicted molar refractivity (Wildman–Crippen MR) is 93.9 cm³/mol. The van der Waals surface area contributed by atoms with Gasteiger partial charge in [-0.15, -0.1) is 11.3 Å². The van der Waals surface area contributed by atoms with Gasteiger partial charge in [0.2, 0.25) is 0 Å². The van der Waals surface area contributed by atoms with Crippen molar-refractivity contribution in [1.29, 1.82) is 5.26 Å². The molecule has 1 amide bonds. The Morgan fingerprint density at radius 2 is 2.00 bits per heavy atom. The molecule has 6 nitrogen and oxygen atoms in total. The number of rotatable bonds is 4. The Hall–Kier alpha value is -2.43. The summed E-state index contributed by atoms with van der Waals surface area (Å²) in [5.74, 6) is -0.0411. The van der Waals surface area contributed by atoms with E-state index >= 15 is 0 Å². The first-order valence-corrected chi connectivity index (χ1v) is 8.72. The van der Waals surface area contributed by atoms with Crippen molar-refractivity contribution >= 4 is 22.4 Å². The van der Waals surface area contributed by atoms with Crippen molar-refractivity contribution < 1.29 is 4.79 Å². The highest BCUT2D eigenvalue weighted by Crippen LogP contribution is 2.22. The maximum Gasteiger partial charge on any atom is 0.273 e. The zero-order valence-electron chi connectivity index (χ0n) is 13.5. The van der Waals surface area contributed by atoms with Crippen LogP contribution in [0.5, 0.6) is 0 Å². The highest BCUT2D eigenvalue weighted by molar-refractivity contribution is 7.13. The topological polar surface area (TPSA) is 72.3 Å². The van der Waals surface area contributed by atoms with E-state index in [0.717, 1.165) is 10.7 Å². The Labute approximate surface area is 145 Å². The van der Waals surface area contributed by atoms with E-state index in [0.29, 0.717) is 31.9 Å². The SMILES string of the molecule is CNc1nc(C(=O)N2CCN([C@H](C#N)c3ccccc3)CC2)cs1. The first kappa shape index (κ1) is 16.4. The molecule has 7 heteroatoms. The van der Waals surface area contributed by atoms with E-state index in [9.17, 15) is 10.1 Å². The minimum absolute atomic E-state index is 0.0411. The maximum atomic E-state index is 12.5. The number of aromatic nitrogens is 1. The van der Waals surface area contributed by atoms with Gasteiger partial charge in [-0.25, -0.2) is 4.98 Å². The molecule has 0 aliphatic carbocycles. The van der Waals surface area contributed by atoms with Gasteiger partial charge in [0.25, 0.3) is 5.91 Å². The molecular formula is C17H19N5OS. The summed E-state index contributed by atoms with van der Waals surface area (Å²) in [7, 11) is 1.79. The molecule has 1 aromatic carbocycles. The summed E-state index contributed by atoms with van der Waals surface area (Å²) in [5.41, 5.74) is 1.48. The van der Waals surface area contributed by atoms with Crippen LogP contribution in [-0.2, 0) is 0 Å². The number of anilines is 1. The largest absolute Gasteiger partial charge is 0.365 e. The number of amides is 1. The number of nitriles is 1. The quantitative estimate of drug-likeness (QED) is 0.923. The smallest absolute Gasteiger partial charge is 0.273 e. The van der Waals surface area contributed by atoms with Crippen LogP contribution in [0.2, 0.25) is 0 Å². The molecule has 1 fully saturated rings. The lowest BCUT2D eigenvalue weighted by molar-refractivity contribution is 0.0601. The summed E-state index contributed by atoms with van der Waals surface area (Å²) in [6.07, 6.45) is 0.